The summed E-state index contributed by atoms with van der Waals surface area (Å²) in [5.41, 5.74) is 7.10. The fourth-order valence-corrected chi connectivity index (χ4v) is 4.00. The number of aromatic nitrogens is 2. The second kappa shape index (κ2) is 6.53. The zero-order valence-electron chi connectivity index (χ0n) is 14.2. The van der Waals surface area contributed by atoms with E-state index in [4.69, 9.17) is 5.73 Å². The number of amides is 1. The predicted octanol–water partition coefficient (Wildman–Crippen LogP) is 2.76. The maximum Gasteiger partial charge on any atom is 0.254 e. The average molecular weight is 371 g/mol. The maximum atomic E-state index is 13.1. The van der Waals surface area contributed by atoms with Crippen molar-refractivity contribution in [2.45, 2.75) is 13.0 Å². The number of nitrogens with zero attached hydrogens (tertiary/aromatic N) is 4. The summed E-state index contributed by atoms with van der Waals surface area (Å²) < 4.78 is 14.0. The second-order valence-corrected chi connectivity index (χ2v) is 7.43. The van der Waals surface area contributed by atoms with Crippen LogP contribution in [0.3, 0.4) is 0 Å². The SMILES string of the molecule is CC1CN(C(=O)c2ccc3sc(N)nc3c2)CCN1c1ccc(F)cn1. The van der Waals surface area contributed by atoms with Gasteiger partial charge < -0.3 is 15.5 Å². The fourth-order valence-electron chi connectivity index (χ4n) is 3.28. The molecule has 1 aromatic carbocycles. The lowest BCUT2D eigenvalue weighted by Gasteiger charge is -2.40. The first kappa shape index (κ1) is 16.7. The molecule has 4 rings (SSSR count). The van der Waals surface area contributed by atoms with Crippen molar-refractivity contribution in [2.75, 3.05) is 30.3 Å². The van der Waals surface area contributed by atoms with Gasteiger partial charge in [-0.05, 0) is 37.3 Å². The Morgan fingerprint density at radius 2 is 2.15 bits per heavy atom. The number of pyridine rings is 1. The summed E-state index contributed by atoms with van der Waals surface area (Å²) in [6, 6.07) is 8.66. The van der Waals surface area contributed by atoms with E-state index in [2.05, 4.69) is 14.9 Å². The molecular weight excluding hydrogens is 353 g/mol. The van der Waals surface area contributed by atoms with E-state index in [0.29, 0.717) is 30.3 Å². The van der Waals surface area contributed by atoms with Crippen molar-refractivity contribution in [3.05, 3.63) is 47.9 Å². The van der Waals surface area contributed by atoms with E-state index in [-0.39, 0.29) is 17.8 Å². The number of anilines is 2. The zero-order valence-corrected chi connectivity index (χ0v) is 15.0. The third-order valence-corrected chi connectivity index (χ3v) is 5.44. The van der Waals surface area contributed by atoms with Crippen LogP contribution in [0.2, 0.25) is 0 Å². The first-order chi connectivity index (χ1) is 12.5. The first-order valence-corrected chi connectivity index (χ1v) is 9.16. The summed E-state index contributed by atoms with van der Waals surface area (Å²) in [4.78, 5) is 25.2. The Morgan fingerprint density at radius 3 is 2.88 bits per heavy atom. The molecule has 134 valence electrons. The van der Waals surface area contributed by atoms with Crippen molar-refractivity contribution < 1.29 is 9.18 Å². The molecule has 3 aromatic rings. The van der Waals surface area contributed by atoms with Crippen LogP contribution in [0, 0.1) is 5.82 Å². The minimum absolute atomic E-state index is 0.0166. The van der Waals surface area contributed by atoms with E-state index in [1.807, 2.05) is 24.0 Å². The van der Waals surface area contributed by atoms with Gasteiger partial charge in [-0.2, -0.15) is 0 Å². The standard InChI is InChI=1S/C18H18FN5OS/c1-11-10-23(6-7-24(11)16-5-3-13(19)9-21-16)17(25)12-2-4-15-14(8-12)22-18(20)26-15/h2-5,8-9,11H,6-7,10H2,1H3,(H2,20,22). The molecule has 0 bridgehead atoms. The molecule has 3 heterocycles. The van der Waals surface area contributed by atoms with E-state index in [0.717, 1.165) is 16.0 Å². The molecular formula is C18H18FN5OS. The number of halogens is 1. The van der Waals surface area contributed by atoms with Gasteiger partial charge in [-0.15, -0.1) is 0 Å². The number of nitrogen functional groups attached to an aromatic ring is 1. The number of carbonyl (C=O) groups excluding carboxylic acids is 1. The van der Waals surface area contributed by atoms with E-state index in [1.165, 1.54) is 23.6 Å². The van der Waals surface area contributed by atoms with Crippen molar-refractivity contribution in [1.29, 1.82) is 0 Å². The summed E-state index contributed by atoms with van der Waals surface area (Å²) in [6.07, 6.45) is 1.22. The van der Waals surface area contributed by atoms with E-state index in [1.54, 1.807) is 12.1 Å². The van der Waals surface area contributed by atoms with Crippen molar-refractivity contribution in [3.8, 4) is 0 Å². The number of carbonyl (C=O) groups is 1. The maximum absolute atomic E-state index is 13.1. The molecule has 1 fully saturated rings. The van der Waals surface area contributed by atoms with Crippen LogP contribution in [0.15, 0.2) is 36.5 Å². The molecule has 1 aliphatic rings. The van der Waals surface area contributed by atoms with Gasteiger partial charge >= 0.3 is 0 Å². The van der Waals surface area contributed by atoms with Crippen LogP contribution in [0.1, 0.15) is 17.3 Å². The molecule has 1 unspecified atom stereocenters. The van der Waals surface area contributed by atoms with Crippen LogP contribution in [-0.4, -0.2) is 46.5 Å². The predicted molar refractivity (Wildman–Crippen MR) is 101 cm³/mol. The molecule has 1 saturated heterocycles. The lowest BCUT2D eigenvalue weighted by Crippen LogP contribution is -2.54. The number of nitrogens with two attached hydrogens (primary N) is 1. The van der Waals surface area contributed by atoms with Crippen molar-refractivity contribution in [1.82, 2.24) is 14.9 Å². The van der Waals surface area contributed by atoms with Gasteiger partial charge in [-0.25, -0.2) is 14.4 Å². The molecule has 1 atom stereocenters. The average Bonchev–Trinajstić information content (AvgIpc) is 3.01. The molecule has 1 aliphatic heterocycles. The number of hydrogen-bond acceptors (Lipinski definition) is 6. The van der Waals surface area contributed by atoms with Crippen LogP contribution in [-0.2, 0) is 0 Å². The second-order valence-electron chi connectivity index (χ2n) is 6.36. The van der Waals surface area contributed by atoms with Crippen molar-refractivity contribution >= 4 is 38.4 Å². The third-order valence-electron chi connectivity index (χ3n) is 4.57. The highest BCUT2D eigenvalue weighted by molar-refractivity contribution is 7.22. The lowest BCUT2D eigenvalue weighted by molar-refractivity contribution is 0.0726. The Labute approximate surface area is 154 Å². The molecule has 0 aliphatic carbocycles. The largest absolute Gasteiger partial charge is 0.375 e. The molecule has 26 heavy (non-hydrogen) atoms. The van der Waals surface area contributed by atoms with E-state index in [9.17, 15) is 9.18 Å². The molecule has 2 aromatic heterocycles. The summed E-state index contributed by atoms with van der Waals surface area (Å²) in [5, 5.41) is 0.499. The highest BCUT2D eigenvalue weighted by Gasteiger charge is 2.28. The highest BCUT2D eigenvalue weighted by Crippen LogP contribution is 2.26. The molecule has 1 amide bonds. The van der Waals surface area contributed by atoms with Gasteiger partial charge in [-0.3, -0.25) is 4.79 Å². The van der Waals surface area contributed by atoms with Gasteiger partial charge in [0.2, 0.25) is 0 Å². The minimum atomic E-state index is -0.353. The van der Waals surface area contributed by atoms with Crippen LogP contribution in [0.5, 0.6) is 0 Å². The quantitative estimate of drug-likeness (QED) is 0.750. The summed E-state index contributed by atoms with van der Waals surface area (Å²) >= 11 is 1.41. The fraction of sp³-hybridized carbons (Fsp3) is 0.278. The molecule has 0 saturated carbocycles. The van der Waals surface area contributed by atoms with Crippen LogP contribution in [0.4, 0.5) is 15.3 Å². The topological polar surface area (TPSA) is 75.3 Å². The van der Waals surface area contributed by atoms with Crippen LogP contribution >= 0.6 is 11.3 Å². The smallest absolute Gasteiger partial charge is 0.254 e. The Kier molecular flexibility index (Phi) is 4.20. The van der Waals surface area contributed by atoms with Gasteiger partial charge in [0, 0.05) is 31.2 Å². The Morgan fingerprint density at radius 1 is 1.31 bits per heavy atom. The van der Waals surface area contributed by atoms with E-state index >= 15 is 0 Å². The number of fused-ring (bicyclic) bond motifs is 1. The summed E-state index contributed by atoms with van der Waals surface area (Å²) in [7, 11) is 0. The monoisotopic (exact) mass is 371 g/mol. The van der Waals surface area contributed by atoms with Crippen molar-refractivity contribution in [3.63, 3.8) is 0 Å². The van der Waals surface area contributed by atoms with Gasteiger partial charge in [-0.1, -0.05) is 11.3 Å². The normalized spacial score (nSPS) is 17.7. The molecule has 8 heteroatoms. The number of hydrogen-bond donors (Lipinski definition) is 1. The first-order valence-electron chi connectivity index (χ1n) is 8.35. The molecule has 6 nitrogen and oxygen atoms in total. The number of rotatable bonds is 2. The van der Waals surface area contributed by atoms with Crippen LogP contribution < -0.4 is 10.6 Å². The lowest BCUT2D eigenvalue weighted by atomic mass is 10.1. The van der Waals surface area contributed by atoms with Gasteiger partial charge in [0.25, 0.3) is 5.91 Å². The Hall–Kier alpha value is -2.74. The third kappa shape index (κ3) is 3.08. The van der Waals surface area contributed by atoms with Gasteiger partial charge in [0.15, 0.2) is 5.13 Å². The van der Waals surface area contributed by atoms with E-state index < -0.39 is 0 Å². The van der Waals surface area contributed by atoms with Crippen LogP contribution in [0.25, 0.3) is 10.2 Å². The number of piperazine rings is 1. The summed E-state index contributed by atoms with van der Waals surface area (Å²) in [6.45, 7) is 3.85. The minimum Gasteiger partial charge on any atom is -0.375 e. The zero-order chi connectivity index (χ0) is 18.3. The highest BCUT2D eigenvalue weighted by atomic mass is 32.1. The van der Waals surface area contributed by atoms with Crippen molar-refractivity contribution in [2.24, 2.45) is 0 Å². The number of thiazole rings is 1. The number of benzene rings is 1. The van der Waals surface area contributed by atoms with Gasteiger partial charge in [0.1, 0.15) is 11.6 Å². The molecule has 2 N–H and O–H groups in total. The van der Waals surface area contributed by atoms with Gasteiger partial charge in [0.05, 0.1) is 16.4 Å². The molecule has 0 radical (unpaired) electrons. The Balaban J connectivity index is 1.50. The molecule has 0 spiro atoms. The summed E-state index contributed by atoms with van der Waals surface area (Å²) in [5.74, 6) is 0.357. The Bertz CT molecular complexity index is 958.